The molecule has 2 amide bonds. The van der Waals surface area contributed by atoms with Gasteiger partial charge in [-0.2, -0.15) is 13.2 Å². The van der Waals surface area contributed by atoms with Crippen molar-refractivity contribution in [3.05, 3.63) is 88.4 Å². The molecule has 0 saturated carbocycles. The van der Waals surface area contributed by atoms with Crippen molar-refractivity contribution in [2.45, 2.75) is 70.2 Å². The van der Waals surface area contributed by atoms with E-state index in [-0.39, 0.29) is 17.9 Å². The fourth-order valence-corrected chi connectivity index (χ4v) is 6.18. The van der Waals surface area contributed by atoms with E-state index in [0.29, 0.717) is 21.7 Å². The molecule has 0 aliphatic carbocycles. The second-order valence-corrected chi connectivity index (χ2v) is 13.8. The first-order chi connectivity index (χ1) is 20.9. The van der Waals surface area contributed by atoms with Gasteiger partial charge in [0.2, 0.25) is 11.8 Å². The Morgan fingerprint density at radius 3 is 2.09 bits per heavy atom. The van der Waals surface area contributed by atoms with Crippen molar-refractivity contribution in [1.29, 1.82) is 0 Å². The number of carbonyl (C=O) groups is 2. The maximum atomic E-state index is 14.2. The van der Waals surface area contributed by atoms with Crippen LogP contribution in [0.3, 0.4) is 0 Å². The van der Waals surface area contributed by atoms with Gasteiger partial charge in [-0.1, -0.05) is 48.4 Å². The second-order valence-electron chi connectivity index (χ2n) is 11.5. The molecule has 3 aromatic carbocycles. The summed E-state index contributed by atoms with van der Waals surface area (Å²) in [5, 5.41) is 2.23. The summed E-state index contributed by atoms with van der Waals surface area (Å²) in [6, 6.07) is 14.0. The second kappa shape index (κ2) is 14.1. The fraction of sp³-hybridized carbons (Fsp3) is 0.375. The average Bonchev–Trinajstić information content (AvgIpc) is 2.95. The number of benzene rings is 3. The summed E-state index contributed by atoms with van der Waals surface area (Å²) in [5.74, 6) is -0.709. The van der Waals surface area contributed by atoms with Crippen molar-refractivity contribution in [3.63, 3.8) is 0 Å². The number of rotatable bonds is 11. The molecule has 244 valence electrons. The number of ether oxygens (including phenoxy) is 1. The Morgan fingerprint density at radius 2 is 1.58 bits per heavy atom. The van der Waals surface area contributed by atoms with Gasteiger partial charge in [-0.05, 0) is 82.1 Å². The zero-order valence-electron chi connectivity index (χ0n) is 25.9. The number of nitrogens with one attached hydrogen (secondary N) is 1. The summed E-state index contributed by atoms with van der Waals surface area (Å²) in [6.45, 7) is 7.80. The lowest BCUT2D eigenvalue weighted by Gasteiger charge is -2.35. The van der Waals surface area contributed by atoms with Crippen LogP contribution in [-0.4, -0.2) is 50.4 Å². The molecule has 0 spiro atoms. The molecule has 8 nitrogen and oxygen atoms in total. The summed E-state index contributed by atoms with van der Waals surface area (Å²) >= 11 is 5.83. The predicted octanol–water partition coefficient (Wildman–Crippen LogP) is 6.59. The molecule has 0 aromatic heterocycles. The first-order valence-corrected chi connectivity index (χ1v) is 15.9. The van der Waals surface area contributed by atoms with Gasteiger partial charge in [0.15, 0.2) is 0 Å². The number of amides is 2. The number of aryl methyl sites for hydroxylation is 1. The van der Waals surface area contributed by atoms with Gasteiger partial charge in [-0.15, -0.1) is 0 Å². The van der Waals surface area contributed by atoms with E-state index in [9.17, 15) is 31.2 Å². The number of hydrogen-bond acceptors (Lipinski definition) is 5. The molecular weight excluding hydrogens is 631 g/mol. The van der Waals surface area contributed by atoms with Gasteiger partial charge in [0.1, 0.15) is 18.3 Å². The molecule has 0 fully saturated rings. The zero-order chi connectivity index (χ0) is 33.7. The molecule has 0 heterocycles. The largest absolute Gasteiger partial charge is 0.497 e. The molecule has 0 unspecified atom stereocenters. The topological polar surface area (TPSA) is 96.0 Å². The van der Waals surface area contributed by atoms with Gasteiger partial charge >= 0.3 is 6.18 Å². The Bertz CT molecular complexity index is 1610. The van der Waals surface area contributed by atoms with Crippen molar-refractivity contribution in [1.82, 2.24) is 10.2 Å². The van der Waals surface area contributed by atoms with E-state index in [2.05, 4.69) is 5.32 Å². The van der Waals surface area contributed by atoms with E-state index in [1.165, 1.54) is 36.3 Å². The van der Waals surface area contributed by atoms with Crippen molar-refractivity contribution in [3.8, 4) is 5.75 Å². The van der Waals surface area contributed by atoms with Crippen LogP contribution < -0.4 is 14.4 Å². The smallest absolute Gasteiger partial charge is 0.417 e. The van der Waals surface area contributed by atoms with Crippen LogP contribution in [0.15, 0.2) is 71.6 Å². The minimum absolute atomic E-state index is 0.0915. The molecular formula is C32H37ClF3N3O5S. The fourth-order valence-electron chi connectivity index (χ4n) is 4.55. The lowest BCUT2D eigenvalue weighted by Crippen LogP contribution is -2.55. The molecule has 0 bridgehead atoms. The van der Waals surface area contributed by atoms with Crippen LogP contribution in [-0.2, 0) is 32.3 Å². The molecule has 3 aromatic rings. The first kappa shape index (κ1) is 35.7. The highest BCUT2D eigenvalue weighted by Crippen LogP contribution is 2.38. The van der Waals surface area contributed by atoms with Crippen LogP contribution in [0.1, 0.15) is 50.8 Å². The highest BCUT2D eigenvalue weighted by atomic mass is 35.5. The molecule has 1 atom stereocenters. The van der Waals surface area contributed by atoms with Crippen molar-refractivity contribution < 1.29 is 35.9 Å². The Labute approximate surface area is 267 Å². The Kier molecular flexibility index (Phi) is 11.2. The molecule has 0 saturated heterocycles. The number of hydrogen-bond donors (Lipinski definition) is 1. The van der Waals surface area contributed by atoms with Gasteiger partial charge < -0.3 is 15.0 Å². The van der Waals surface area contributed by atoms with Crippen LogP contribution >= 0.6 is 11.6 Å². The lowest BCUT2D eigenvalue weighted by molar-refractivity contribution is -0.141. The SMILES string of the molecule is CC[C@@H](C(=O)NC(C)(C)C)N(Cc1ccc(OC)cc1)C(=O)CN(c1ccc(Cl)c(C(F)(F)F)c1)S(=O)(=O)c1ccc(C)cc1. The van der Waals surface area contributed by atoms with E-state index in [4.69, 9.17) is 16.3 Å². The lowest BCUT2D eigenvalue weighted by atomic mass is 10.1. The van der Waals surface area contributed by atoms with Gasteiger partial charge in [-0.3, -0.25) is 13.9 Å². The zero-order valence-corrected chi connectivity index (χ0v) is 27.5. The molecule has 0 radical (unpaired) electrons. The Balaban J connectivity index is 2.16. The number of carbonyl (C=O) groups excluding carboxylic acids is 2. The third-order valence-corrected chi connectivity index (χ3v) is 8.94. The minimum Gasteiger partial charge on any atom is -0.497 e. The summed E-state index contributed by atoms with van der Waals surface area (Å²) < 4.78 is 75.3. The Hall–Kier alpha value is -3.77. The number of methoxy groups -OCH3 is 1. The molecule has 3 rings (SSSR count). The number of sulfonamides is 1. The molecule has 45 heavy (non-hydrogen) atoms. The van der Waals surface area contributed by atoms with Crippen LogP contribution in [0.5, 0.6) is 5.75 Å². The van der Waals surface area contributed by atoms with Crippen LogP contribution in [0.2, 0.25) is 5.02 Å². The van der Waals surface area contributed by atoms with Gasteiger partial charge in [0.05, 0.1) is 28.3 Å². The predicted molar refractivity (Wildman–Crippen MR) is 168 cm³/mol. The maximum absolute atomic E-state index is 14.2. The Morgan fingerprint density at radius 1 is 0.978 bits per heavy atom. The highest BCUT2D eigenvalue weighted by molar-refractivity contribution is 7.92. The summed E-state index contributed by atoms with van der Waals surface area (Å²) in [4.78, 5) is 28.6. The number of nitrogens with zero attached hydrogens (tertiary/aromatic N) is 2. The average molecular weight is 668 g/mol. The van der Waals surface area contributed by atoms with E-state index >= 15 is 0 Å². The number of halogens is 4. The van der Waals surface area contributed by atoms with E-state index < -0.39 is 62.4 Å². The summed E-state index contributed by atoms with van der Waals surface area (Å²) in [5.41, 5.74) is -0.951. The van der Waals surface area contributed by atoms with E-state index in [1.54, 1.807) is 58.9 Å². The van der Waals surface area contributed by atoms with Crippen LogP contribution in [0, 0.1) is 6.92 Å². The summed E-state index contributed by atoms with van der Waals surface area (Å²) in [7, 11) is -3.08. The van der Waals surface area contributed by atoms with Gasteiger partial charge in [-0.25, -0.2) is 8.42 Å². The van der Waals surface area contributed by atoms with Crippen molar-refractivity contribution in [2.24, 2.45) is 0 Å². The van der Waals surface area contributed by atoms with Crippen LogP contribution in [0.4, 0.5) is 18.9 Å². The van der Waals surface area contributed by atoms with Crippen molar-refractivity contribution in [2.75, 3.05) is 18.0 Å². The van der Waals surface area contributed by atoms with Gasteiger partial charge in [0.25, 0.3) is 10.0 Å². The normalized spacial score (nSPS) is 12.8. The van der Waals surface area contributed by atoms with E-state index in [0.717, 1.165) is 17.7 Å². The monoisotopic (exact) mass is 667 g/mol. The molecule has 0 aliphatic heterocycles. The third kappa shape index (κ3) is 9.13. The molecule has 1 N–H and O–H groups in total. The first-order valence-electron chi connectivity index (χ1n) is 14.1. The third-order valence-electron chi connectivity index (χ3n) is 6.83. The quantitative estimate of drug-likeness (QED) is 0.249. The molecule has 13 heteroatoms. The summed E-state index contributed by atoms with van der Waals surface area (Å²) in [6.07, 6.45) is -4.72. The minimum atomic E-state index is -4.89. The van der Waals surface area contributed by atoms with Crippen molar-refractivity contribution >= 4 is 39.1 Å². The molecule has 0 aliphatic rings. The van der Waals surface area contributed by atoms with Crippen LogP contribution in [0.25, 0.3) is 0 Å². The van der Waals surface area contributed by atoms with E-state index in [1.807, 2.05) is 0 Å². The highest BCUT2D eigenvalue weighted by Gasteiger charge is 2.37. The maximum Gasteiger partial charge on any atom is 0.417 e. The number of anilines is 1. The van der Waals surface area contributed by atoms with Gasteiger partial charge in [0, 0.05) is 12.1 Å². The number of alkyl halides is 3. The standard InChI is InChI=1S/C32H37ClF3N3O5S/c1-7-28(30(41)37-31(3,4)5)38(19-22-10-13-24(44-6)14-11-22)29(40)20-39(45(42,43)25-15-8-21(2)9-16-25)23-12-17-27(33)26(18-23)32(34,35)36/h8-18,28H,7,19-20H2,1-6H3,(H,37,41)/t28-/m0/s1.